The van der Waals surface area contributed by atoms with E-state index in [2.05, 4.69) is 43.4 Å². The lowest BCUT2D eigenvalue weighted by atomic mass is 9.99. The molecule has 4 rings (SSSR count). The van der Waals surface area contributed by atoms with Gasteiger partial charge in [0, 0.05) is 12.1 Å². The Bertz CT molecular complexity index is 1040. The Balaban J connectivity index is 1.54. The zero-order valence-electron chi connectivity index (χ0n) is 20.0. The number of ether oxygens (including phenoxy) is 2. The van der Waals surface area contributed by atoms with E-state index in [1.54, 1.807) is 7.11 Å². The number of piperazine rings is 1. The fourth-order valence-corrected chi connectivity index (χ4v) is 4.82. The Kier molecular flexibility index (Phi) is 7.37. The van der Waals surface area contributed by atoms with Crippen LogP contribution in [0.5, 0.6) is 11.5 Å². The average molecular weight is 448 g/mol. The van der Waals surface area contributed by atoms with Crippen molar-refractivity contribution in [2.45, 2.75) is 44.2 Å². The van der Waals surface area contributed by atoms with E-state index >= 15 is 0 Å². The lowest BCUT2D eigenvalue weighted by Gasteiger charge is -2.40. The normalized spacial score (nSPS) is 20.0. The van der Waals surface area contributed by atoms with E-state index in [-0.39, 0.29) is 24.3 Å². The molecule has 1 aliphatic heterocycles. The van der Waals surface area contributed by atoms with Crippen molar-refractivity contribution in [2.75, 3.05) is 40.8 Å². The van der Waals surface area contributed by atoms with Gasteiger partial charge in [0.15, 0.2) is 17.5 Å². The number of hydrogen-bond acceptors (Lipinski definition) is 4. The molecule has 1 atom stereocenters. The van der Waals surface area contributed by atoms with Crippen LogP contribution in [-0.2, 0) is 4.79 Å². The second kappa shape index (κ2) is 10.4. The van der Waals surface area contributed by atoms with Crippen molar-refractivity contribution < 1.29 is 18.8 Å². The first-order valence-electron chi connectivity index (χ1n) is 12.0. The van der Waals surface area contributed by atoms with Gasteiger partial charge in [-0.15, -0.1) is 0 Å². The number of hydrogen-bond donors (Lipinski definition) is 1. The van der Waals surface area contributed by atoms with Crippen LogP contribution in [0.3, 0.4) is 0 Å². The summed E-state index contributed by atoms with van der Waals surface area (Å²) in [5.41, 5.74) is 2.99. The third-order valence-corrected chi connectivity index (χ3v) is 6.90. The summed E-state index contributed by atoms with van der Waals surface area (Å²) < 4.78 is 12.6. The predicted molar refractivity (Wildman–Crippen MR) is 131 cm³/mol. The summed E-state index contributed by atoms with van der Waals surface area (Å²) >= 11 is 0. The number of nitrogens with zero attached hydrogens (tertiary/aromatic N) is 1. The molecule has 2 fully saturated rings. The van der Waals surface area contributed by atoms with Crippen molar-refractivity contribution in [1.82, 2.24) is 5.32 Å². The second-order valence-corrected chi connectivity index (χ2v) is 9.60. The number of likely N-dealkylation sites (N-methyl/N-ethyl adjacent to an activating group) is 1. The van der Waals surface area contributed by atoms with Gasteiger partial charge >= 0.3 is 0 Å². The Morgan fingerprint density at radius 1 is 1.12 bits per heavy atom. The minimum atomic E-state index is -0.0415. The molecule has 1 unspecified atom stereocenters. The molecular weight excluding hydrogens is 412 g/mol. The predicted octanol–water partition coefficient (Wildman–Crippen LogP) is 4.04. The van der Waals surface area contributed by atoms with Gasteiger partial charge < -0.3 is 19.3 Å². The van der Waals surface area contributed by atoms with Crippen LogP contribution in [0, 0.1) is 11.8 Å². The van der Waals surface area contributed by atoms with Gasteiger partial charge in [-0.25, -0.2) is 0 Å². The minimum absolute atomic E-state index is 0.0415. The maximum atomic E-state index is 12.9. The molecule has 5 nitrogen and oxygen atoms in total. The molecule has 2 aliphatic rings. The lowest BCUT2D eigenvalue weighted by Crippen LogP contribution is -2.63. The summed E-state index contributed by atoms with van der Waals surface area (Å²) in [6.07, 6.45) is 5.15. The van der Waals surface area contributed by atoms with Crippen molar-refractivity contribution in [3.8, 4) is 34.5 Å². The van der Waals surface area contributed by atoms with Crippen LogP contribution in [-0.4, -0.2) is 63.3 Å². The number of carbonyl (C=O) groups is 1. The van der Waals surface area contributed by atoms with Crippen molar-refractivity contribution in [2.24, 2.45) is 0 Å². The van der Waals surface area contributed by atoms with E-state index in [9.17, 15) is 4.79 Å². The van der Waals surface area contributed by atoms with Crippen LogP contribution in [0.2, 0.25) is 0 Å². The molecule has 5 heteroatoms. The molecule has 1 saturated carbocycles. The highest BCUT2D eigenvalue weighted by Gasteiger charge is 2.36. The number of nitrogens with one attached hydrogen (secondary N) is 1. The summed E-state index contributed by atoms with van der Waals surface area (Å²) in [6, 6.07) is 14.1. The van der Waals surface area contributed by atoms with E-state index < -0.39 is 0 Å². The number of Topliss-reactive ketones (excluding diaryl/α,β-unsaturated/α-hetero) is 1. The molecule has 2 aromatic rings. The summed E-state index contributed by atoms with van der Waals surface area (Å²) in [5, 5.41) is 3.34. The van der Waals surface area contributed by atoms with E-state index in [0.717, 1.165) is 65.1 Å². The van der Waals surface area contributed by atoms with E-state index in [4.69, 9.17) is 9.47 Å². The molecule has 0 amide bonds. The van der Waals surface area contributed by atoms with Crippen LogP contribution in [0.15, 0.2) is 42.5 Å². The van der Waals surface area contributed by atoms with Crippen molar-refractivity contribution >= 4 is 5.78 Å². The van der Waals surface area contributed by atoms with Crippen LogP contribution in [0.4, 0.5) is 0 Å². The van der Waals surface area contributed by atoms with Crippen molar-refractivity contribution in [3.63, 3.8) is 0 Å². The fraction of sp³-hybridized carbons (Fsp3) is 0.464. The van der Waals surface area contributed by atoms with Gasteiger partial charge in [0.05, 0.1) is 46.8 Å². The van der Waals surface area contributed by atoms with Gasteiger partial charge in [0.25, 0.3) is 0 Å². The third kappa shape index (κ3) is 5.58. The third-order valence-electron chi connectivity index (χ3n) is 6.90. The zero-order chi connectivity index (χ0) is 23.3. The largest absolute Gasteiger partial charge is 0.493 e. The fourth-order valence-electron chi connectivity index (χ4n) is 4.82. The molecule has 1 saturated heterocycles. The quantitative estimate of drug-likeness (QED) is 0.536. The SMILES string of the molecule is COc1ccc(-c2ccccc2C#CCC(=O)C2CNCC[N+]2(C)C)cc1OC1CCCC1. The molecule has 0 aromatic heterocycles. The summed E-state index contributed by atoms with van der Waals surface area (Å²) in [5.74, 6) is 8.15. The molecule has 1 heterocycles. The average Bonchev–Trinajstić information content (AvgIpc) is 3.32. The maximum Gasteiger partial charge on any atom is 0.203 e. The number of ketones is 1. The van der Waals surface area contributed by atoms with Gasteiger partial charge in [-0.3, -0.25) is 4.79 Å². The van der Waals surface area contributed by atoms with Gasteiger partial charge in [-0.1, -0.05) is 36.1 Å². The summed E-state index contributed by atoms with van der Waals surface area (Å²) in [4.78, 5) is 12.9. The molecule has 0 spiro atoms. The Hall–Kier alpha value is -2.81. The topological polar surface area (TPSA) is 47.6 Å². The lowest BCUT2D eigenvalue weighted by molar-refractivity contribution is -0.907. The van der Waals surface area contributed by atoms with Crippen molar-refractivity contribution in [3.05, 3.63) is 48.0 Å². The monoisotopic (exact) mass is 447 g/mol. The Morgan fingerprint density at radius 2 is 1.91 bits per heavy atom. The molecule has 1 aliphatic carbocycles. The number of carbonyl (C=O) groups excluding carboxylic acids is 1. The van der Waals surface area contributed by atoms with Crippen LogP contribution in [0.1, 0.15) is 37.7 Å². The number of methoxy groups -OCH3 is 1. The Morgan fingerprint density at radius 3 is 2.67 bits per heavy atom. The van der Waals surface area contributed by atoms with Gasteiger partial charge in [0.2, 0.25) is 5.78 Å². The van der Waals surface area contributed by atoms with E-state index in [1.807, 2.05) is 30.3 Å². The van der Waals surface area contributed by atoms with Gasteiger partial charge in [0.1, 0.15) is 0 Å². The van der Waals surface area contributed by atoms with Crippen LogP contribution < -0.4 is 14.8 Å². The first-order chi connectivity index (χ1) is 16.0. The van der Waals surface area contributed by atoms with E-state index in [1.165, 1.54) is 12.8 Å². The van der Waals surface area contributed by atoms with Crippen LogP contribution in [0.25, 0.3) is 11.1 Å². The van der Waals surface area contributed by atoms with Crippen molar-refractivity contribution in [1.29, 1.82) is 0 Å². The standard InChI is InChI=1S/C28H35N2O3/c1-30(2)18-17-29-20-25(30)26(31)14-8-10-21-9-4-7-13-24(21)22-15-16-27(32-3)28(19-22)33-23-11-5-6-12-23/h4,7,9,13,15-16,19,23,25,29H,5-6,11-12,14,17-18,20H2,1-3H3/q+1. The molecule has 1 N–H and O–H groups in total. The molecule has 33 heavy (non-hydrogen) atoms. The summed E-state index contributed by atoms with van der Waals surface area (Å²) in [6.45, 7) is 2.62. The highest BCUT2D eigenvalue weighted by Crippen LogP contribution is 2.36. The van der Waals surface area contributed by atoms with E-state index in [0.29, 0.717) is 0 Å². The van der Waals surface area contributed by atoms with Gasteiger partial charge in [-0.05, 0) is 55.0 Å². The molecular formula is C28H35N2O3+. The minimum Gasteiger partial charge on any atom is -0.493 e. The smallest absolute Gasteiger partial charge is 0.203 e. The molecule has 2 aromatic carbocycles. The molecule has 174 valence electrons. The van der Waals surface area contributed by atoms with Gasteiger partial charge in [-0.2, -0.15) is 0 Å². The molecule has 0 radical (unpaired) electrons. The number of rotatable bonds is 6. The van der Waals surface area contributed by atoms with Crippen LogP contribution >= 0.6 is 0 Å². The maximum absolute atomic E-state index is 12.9. The highest BCUT2D eigenvalue weighted by atomic mass is 16.5. The highest BCUT2D eigenvalue weighted by molar-refractivity contribution is 5.85. The zero-order valence-corrected chi connectivity index (χ0v) is 20.0. The summed E-state index contributed by atoms with van der Waals surface area (Å²) in [7, 11) is 5.93. The Labute approximate surface area is 197 Å². The first-order valence-corrected chi connectivity index (χ1v) is 12.0. The first kappa shape index (κ1) is 23.4. The number of quaternary nitrogens is 1. The molecule has 0 bridgehead atoms. The second-order valence-electron chi connectivity index (χ2n) is 9.60. The number of benzene rings is 2.